The number of amides is 1. The van der Waals surface area contributed by atoms with E-state index in [0.717, 1.165) is 17.4 Å². The molecular weight excluding hydrogens is 423 g/mol. The van der Waals surface area contributed by atoms with Gasteiger partial charge in [0.25, 0.3) is 5.71 Å². The molecule has 3 aromatic rings. The van der Waals surface area contributed by atoms with Crippen LogP contribution in [0.15, 0.2) is 34.9 Å². The summed E-state index contributed by atoms with van der Waals surface area (Å²) in [4.78, 5) is 18.7. The summed E-state index contributed by atoms with van der Waals surface area (Å²) < 4.78 is 51.5. The summed E-state index contributed by atoms with van der Waals surface area (Å²) in [6.07, 6.45) is -2.42. The molecule has 0 N–H and O–H groups in total. The van der Waals surface area contributed by atoms with Crippen molar-refractivity contribution < 1.29 is 27.2 Å². The Hall–Kier alpha value is -3.10. The highest BCUT2D eigenvalue weighted by Gasteiger charge is 2.38. The van der Waals surface area contributed by atoms with E-state index in [1.807, 2.05) is 24.3 Å². The molecule has 0 aliphatic carbocycles. The first kappa shape index (κ1) is 22.1. The highest BCUT2D eigenvalue weighted by molar-refractivity contribution is 5.82. The van der Waals surface area contributed by atoms with Gasteiger partial charge in [-0.2, -0.15) is 13.2 Å². The molecule has 9 heteroatoms. The summed E-state index contributed by atoms with van der Waals surface area (Å²) >= 11 is 0. The summed E-state index contributed by atoms with van der Waals surface area (Å²) in [7, 11) is 1.59. The van der Waals surface area contributed by atoms with Crippen molar-refractivity contribution >= 4 is 17.0 Å². The molecule has 0 radical (unpaired) electrons. The SMILES string of the molecule is COc1ccccc1CCC(=O)N1CCC[C@@H](c2noc3nc(C)cc(C(F)(F)F)c23)C1. The maximum absolute atomic E-state index is 13.7. The van der Waals surface area contributed by atoms with Crippen LogP contribution in [-0.4, -0.2) is 41.1 Å². The molecule has 0 unspecified atom stereocenters. The zero-order valence-electron chi connectivity index (χ0n) is 17.9. The fourth-order valence-electron chi connectivity index (χ4n) is 4.33. The third-order valence-corrected chi connectivity index (χ3v) is 5.87. The van der Waals surface area contributed by atoms with E-state index < -0.39 is 11.7 Å². The van der Waals surface area contributed by atoms with Gasteiger partial charge in [-0.15, -0.1) is 0 Å². The number of likely N-dealkylation sites (tertiary alicyclic amines) is 1. The quantitative estimate of drug-likeness (QED) is 0.557. The minimum atomic E-state index is -4.55. The fourth-order valence-corrected chi connectivity index (χ4v) is 4.33. The maximum Gasteiger partial charge on any atom is 0.417 e. The van der Waals surface area contributed by atoms with E-state index in [9.17, 15) is 18.0 Å². The Bertz CT molecular complexity index is 1130. The van der Waals surface area contributed by atoms with Crippen LogP contribution in [-0.2, 0) is 17.4 Å². The molecule has 32 heavy (non-hydrogen) atoms. The number of fused-ring (bicyclic) bond motifs is 1. The zero-order chi connectivity index (χ0) is 22.9. The average molecular weight is 447 g/mol. The molecule has 1 atom stereocenters. The monoisotopic (exact) mass is 447 g/mol. The molecule has 1 aromatic carbocycles. The summed E-state index contributed by atoms with van der Waals surface area (Å²) in [5, 5.41) is 3.85. The number of alkyl halides is 3. The smallest absolute Gasteiger partial charge is 0.417 e. The van der Waals surface area contributed by atoms with Gasteiger partial charge in [0.2, 0.25) is 5.91 Å². The molecule has 3 heterocycles. The number of aryl methyl sites for hydroxylation is 2. The van der Waals surface area contributed by atoms with Crippen LogP contribution in [0.3, 0.4) is 0 Å². The van der Waals surface area contributed by atoms with E-state index in [1.165, 1.54) is 6.92 Å². The van der Waals surface area contributed by atoms with Crippen LogP contribution in [0.1, 0.15) is 47.7 Å². The number of aromatic nitrogens is 2. The van der Waals surface area contributed by atoms with Crippen LogP contribution in [0.5, 0.6) is 5.75 Å². The lowest BCUT2D eigenvalue weighted by Crippen LogP contribution is -2.39. The minimum Gasteiger partial charge on any atom is -0.496 e. The number of piperidine rings is 1. The first-order valence-electron chi connectivity index (χ1n) is 10.5. The number of hydrogen-bond acceptors (Lipinski definition) is 5. The summed E-state index contributed by atoms with van der Waals surface area (Å²) in [5.41, 5.74) is 0.463. The average Bonchev–Trinajstić information content (AvgIpc) is 3.20. The maximum atomic E-state index is 13.7. The predicted octanol–water partition coefficient (Wildman–Crippen LogP) is 4.90. The Balaban J connectivity index is 1.53. The van der Waals surface area contributed by atoms with Gasteiger partial charge < -0.3 is 14.2 Å². The summed E-state index contributed by atoms with van der Waals surface area (Å²) in [6, 6.07) is 8.54. The van der Waals surface area contributed by atoms with E-state index >= 15 is 0 Å². The highest BCUT2D eigenvalue weighted by Crippen LogP contribution is 2.40. The van der Waals surface area contributed by atoms with Gasteiger partial charge in [0.15, 0.2) is 0 Å². The molecule has 4 rings (SSSR count). The van der Waals surface area contributed by atoms with Gasteiger partial charge in [0.1, 0.15) is 5.75 Å². The minimum absolute atomic E-state index is 0.0431. The van der Waals surface area contributed by atoms with E-state index in [1.54, 1.807) is 12.0 Å². The Kier molecular flexibility index (Phi) is 6.08. The third-order valence-electron chi connectivity index (χ3n) is 5.87. The van der Waals surface area contributed by atoms with Crippen molar-refractivity contribution in [3.05, 3.63) is 52.8 Å². The molecule has 6 nitrogen and oxygen atoms in total. The van der Waals surface area contributed by atoms with Crippen LogP contribution in [0.2, 0.25) is 0 Å². The highest BCUT2D eigenvalue weighted by atomic mass is 19.4. The lowest BCUT2D eigenvalue weighted by Gasteiger charge is -2.32. The van der Waals surface area contributed by atoms with E-state index in [0.29, 0.717) is 38.8 Å². The molecule has 1 saturated heterocycles. The number of pyridine rings is 1. The van der Waals surface area contributed by atoms with Crippen molar-refractivity contribution in [3.63, 3.8) is 0 Å². The van der Waals surface area contributed by atoms with Crippen LogP contribution in [0, 0.1) is 6.92 Å². The molecule has 170 valence electrons. The van der Waals surface area contributed by atoms with Crippen molar-refractivity contribution in [3.8, 4) is 5.75 Å². The number of nitrogens with zero attached hydrogens (tertiary/aromatic N) is 3. The predicted molar refractivity (Wildman–Crippen MR) is 111 cm³/mol. The van der Waals surface area contributed by atoms with Crippen LogP contribution < -0.4 is 4.74 Å². The lowest BCUT2D eigenvalue weighted by molar-refractivity contribution is -0.136. The largest absolute Gasteiger partial charge is 0.496 e. The standard InChI is InChI=1S/C23H24F3N3O3/c1-14-12-17(23(24,25)26)20-21(28-32-22(20)27-14)16-7-5-11-29(13-16)19(30)10-9-15-6-3-4-8-18(15)31-2/h3-4,6,8,12,16H,5,7,9-11,13H2,1-2H3/t16-/m1/s1. The van der Waals surface area contributed by atoms with Gasteiger partial charge in [0.05, 0.1) is 23.8 Å². The lowest BCUT2D eigenvalue weighted by atomic mass is 9.91. The number of carbonyl (C=O) groups excluding carboxylic acids is 1. The Morgan fingerprint density at radius 3 is 2.84 bits per heavy atom. The van der Waals surface area contributed by atoms with Gasteiger partial charge in [-0.3, -0.25) is 4.79 Å². The zero-order valence-corrected chi connectivity index (χ0v) is 17.9. The number of halogens is 3. The number of benzene rings is 1. The van der Waals surface area contributed by atoms with Crippen molar-refractivity contribution in [2.75, 3.05) is 20.2 Å². The number of hydrogen-bond donors (Lipinski definition) is 0. The van der Waals surface area contributed by atoms with Crippen LogP contribution in [0.4, 0.5) is 13.2 Å². The van der Waals surface area contributed by atoms with Gasteiger partial charge in [-0.25, -0.2) is 4.98 Å². The number of carbonyl (C=O) groups is 1. The molecule has 0 spiro atoms. The molecule has 0 saturated carbocycles. The first-order chi connectivity index (χ1) is 15.3. The van der Waals surface area contributed by atoms with Crippen molar-refractivity contribution in [2.45, 2.75) is 44.7 Å². The normalized spacial score (nSPS) is 17.0. The number of para-hydroxylation sites is 1. The molecular formula is C23H24F3N3O3. The van der Waals surface area contributed by atoms with Gasteiger partial charge in [0, 0.05) is 31.1 Å². The first-order valence-corrected chi connectivity index (χ1v) is 10.5. The van der Waals surface area contributed by atoms with Crippen molar-refractivity contribution in [1.29, 1.82) is 0 Å². The van der Waals surface area contributed by atoms with Gasteiger partial charge in [-0.1, -0.05) is 23.4 Å². The second-order valence-corrected chi connectivity index (χ2v) is 8.05. The van der Waals surface area contributed by atoms with Gasteiger partial charge >= 0.3 is 6.18 Å². The third kappa shape index (κ3) is 4.42. The summed E-state index contributed by atoms with van der Waals surface area (Å²) in [5.74, 6) is 0.345. The molecule has 2 aromatic heterocycles. The Labute approximate surface area is 183 Å². The molecule has 1 aliphatic heterocycles. The molecule has 1 aliphatic rings. The second-order valence-electron chi connectivity index (χ2n) is 8.05. The van der Waals surface area contributed by atoms with Crippen molar-refractivity contribution in [1.82, 2.24) is 15.0 Å². The fraction of sp³-hybridized carbons (Fsp3) is 0.435. The van der Waals surface area contributed by atoms with E-state index in [4.69, 9.17) is 9.26 Å². The topological polar surface area (TPSA) is 68.5 Å². The summed E-state index contributed by atoms with van der Waals surface area (Å²) in [6.45, 7) is 2.36. The van der Waals surface area contributed by atoms with E-state index in [2.05, 4.69) is 10.1 Å². The Morgan fingerprint density at radius 1 is 1.31 bits per heavy atom. The second kappa shape index (κ2) is 8.80. The van der Waals surface area contributed by atoms with E-state index in [-0.39, 0.29) is 34.3 Å². The number of ether oxygens (including phenoxy) is 1. The molecule has 1 fully saturated rings. The number of rotatable bonds is 5. The molecule has 1 amide bonds. The number of methoxy groups -OCH3 is 1. The van der Waals surface area contributed by atoms with Crippen LogP contribution >= 0.6 is 0 Å². The molecule has 0 bridgehead atoms. The Morgan fingerprint density at radius 2 is 2.09 bits per heavy atom. The van der Waals surface area contributed by atoms with Crippen LogP contribution in [0.25, 0.3) is 11.1 Å². The van der Waals surface area contributed by atoms with Gasteiger partial charge in [-0.05, 0) is 43.9 Å². The van der Waals surface area contributed by atoms with Crippen molar-refractivity contribution in [2.24, 2.45) is 0 Å².